The van der Waals surface area contributed by atoms with Gasteiger partial charge in [0, 0.05) is 65.8 Å². The molecule has 69 heavy (non-hydrogen) atoms. The SMILES string of the molecule is c1ccc(-c2cccc(-c3cc(-c4cccc(-c5ccccc5)n4)cc(-n4c5ccccc5c5c6c7ccccc7n(-c7cccc(-c8ccc9oc%10ccccc%10c9c8)n7)c6ccc54)c3)n2)cc1. The number of nitrogens with zero attached hydrogens (tertiary/aromatic N) is 5. The predicted molar refractivity (Wildman–Crippen MR) is 283 cm³/mol. The normalized spacial score (nSPS) is 11.8. The fourth-order valence-electron chi connectivity index (χ4n) is 10.4. The zero-order valence-corrected chi connectivity index (χ0v) is 37.2. The van der Waals surface area contributed by atoms with E-state index < -0.39 is 0 Å². The monoisotopic (exact) mass is 881 g/mol. The lowest BCUT2D eigenvalue weighted by molar-refractivity contribution is 0.669. The van der Waals surface area contributed by atoms with Gasteiger partial charge < -0.3 is 8.98 Å². The van der Waals surface area contributed by atoms with Gasteiger partial charge in [0.2, 0.25) is 0 Å². The van der Waals surface area contributed by atoms with Gasteiger partial charge in [0.1, 0.15) is 17.0 Å². The topological polar surface area (TPSA) is 61.7 Å². The Bertz CT molecular complexity index is 4210. The molecule has 14 aromatic rings. The van der Waals surface area contributed by atoms with Crippen LogP contribution in [-0.2, 0) is 0 Å². The van der Waals surface area contributed by atoms with Crippen molar-refractivity contribution in [1.82, 2.24) is 24.1 Å². The van der Waals surface area contributed by atoms with Gasteiger partial charge in [0.15, 0.2) is 0 Å². The van der Waals surface area contributed by atoms with Crippen molar-refractivity contribution in [3.05, 3.63) is 237 Å². The van der Waals surface area contributed by atoms with Gasteiger partial charge in [-0.25, -0.2) is 15.0 Å². The Hall–Kier alpha value is -9.39. The van der Waals surface area contributed by atoms with E-state index in [2.05, 4.69) is 221 Å². The van der Waals surface area contributed by atoms with Crippen LogP contribution < -0.4 is 0 Å². The van der Waals surface area contributed by atoms with E-state index >= 15 is 0 Å². The van der Waals surface area contributed by atoms with E-state index in [-0.39, 0.29) is 0 Å². The van der Waals surface area contributed by atoms with E-state index in [0.717, 1.165) is 117 Å². The molecule has 0 aliphatic carbocycles. The average molecular weight is 882 g/mol. The molecular weight excluding hydrogens is 843 g/mol. The van der Waals surface area contributed by atoms with Crippen molar-refractivity contribution in [2.45, 2.75) is 0 Å². The van der Waals surface area contributed by atoms with Crippen LogP contribution >= 0.6 is 0 Å². The minimum atomic E-state index is 0.853. The Kier molecular flexibility index (Phi) is 8.79. The Morgan fingerprint density at radius 1 is 0.275 bits per heavy atom. The molecule has 6 nitrogen and oxygen atoms in total. The van der Waals surface area contributed by atoms with Crippen LogP contribution in [0, 0.1) is 0 Å². The van der Waals surface area contributed by atoms with Crippen LogP contribution in [0.4, 0.5) is 0 Å². The van der Waals surface area contributed by atoms with Crippen LogP contribution in [0.3, 0.4) is 0 Å². The second-order valence-electron chi connectivity index (χ2n) is 17.6. The second-order valence-corrected chi connectivity index (χ2v) is 17.6. The lowest BCUT2D eigenvalue weighted by Gasteiger charge is -2.14. The molecule has 0 spiro atoms. The van der Waals surface area contributed by atoms with Crippen molar-refractivity contribution in [2.24, 2.45) is 0 Å². The van der Waals surface area contributed by atoms with Gasteiger partial charge in [-0.1, -0.05) is 133 Å². The van der Waals surface area contributed by atoms with Crippen molar-refractivity contribution in [3.63, 3.8) is 0 Å². The van der Waals surface area contributed by atoms with Gasteiger partial charge in [-0.05, 0) is 103 Å². The van der Waals surface area contributed by atoms with E-state index in [9.17, 15) is 0 Å². The molecule has 0 amide bonds. The average Bonchev–Trinajstić information content (AvgIpc) is 4.09. The highest BCUT2D eigenvalue weighted by molar-refractivity contribution is 6.29. The maximum absolute atomic E-state index is 6.18. The summed E-state index contributed by atoms with van der Waals surface area (Å²) in [6.07, 6.45) is 0. The summed E-state index contributed by atoms with van der Waals surface area (Å²) in [5.41, 5.74) is 16.9. The molecule has 0 saturated heterocycles. The summed E-state index contributed by atoms with van der Waals surface area (Å²) >= 11 is 0. The molecule has 0 bridgehead atoms. The van der Waals surface area contributed by atoms with Gasteiger partial charge in [-0.3, -0.25) is 4.57 Å². The first-order chi connectivity index (χ1) is 34.2. The van der Waals surface area contributed by atoms with Crippen molar-refractivity contribution in [1.29, 1.82) is 0 Å². The highest BCUT2D eigenvalue weighted by atomic mass is 16.3. The first kappa shape index (κ1) is 38.8. The number of para-hydroxylation sites is 3. The van der Waals surface area contributed by atoms with Crippen LogP contribution in [0.1, 0.15) is 0 Å². The fraction of sp³-hybridized carbons (Fsp3) is 0. The first-order valence-electron chi connectivity index (χ1n) is 23.3. The van der Waals surface area contributed by atoms with Gasteiger partial charge in [-0.2, -0.15) is 0 Å². The van der Waals surface area contributed by atoms with Crippen molar-refractivity contribution in [2.75, 3.05) is 0 Å². The van der Waals surface area contributed by atoms with E-state index in [4.69, 9.17) is 19.4 Å². The van der Waals surface area contributed by atoms with Crippen LogP contribution in [0.15, 0.2) is 241 Å². The van der Waals surface area contributed by atoms with E-state index in [1.807, 2.05) is 24.3 Å². The fourth-order valence-corrected chi connectivity index (χ4v) is 10.4. The first-order valence-corrected chi connectivity index (χ1v) is 23.3. The van der Waals surface area contributed by atoms with Crippen molar-refractivity contribution in [3.8, 4) is 67.8 Å². The summed E-state index contributed by atoms with van der Waals surface area (Å²) in [5.74, 6) is 0.853. The number of benzene rings is 8. The minimum Gasteiger partial charge on any atom is -0.456 e. The number of hydrogen-bond acceptors (Lipinski definition) is 4. The van der Waals surface area contributed by atoms with Crippen molar-refractivity contribution < 1.29 is 4.42 Å². The lowest BCUT2D eigenvalue weighted by Crippen LogP contribution is -1.99. The molecule has 322 valence electrons. The molecule has 0 atom stereocenters. The molecule has 0 aliphatic heterocycles. The largest absolute Gasteiger partial charge is 0.456 e. The molecule has 6 heteroatoms. The van der Waals surface area contributed by atoms with E-state index in [1.165, 1.54) is 16.2 Å². The van der Waals surface area contributed by atoms with E-state index in [1.54, 1.807) is 0 Å². The number of hydrogen-bond donors (Lipinski definition) is 0. The van der Waals surface area contributed by atoms with Gasteiger partial charge in [0.05, 0.1) is 50.5 Å². The number of pyridine rings is 3. The molecule has 0 unspecified atom stereocenters. The molecule has 0 fully saturated rings. The number of furan rings is 1. The molecule has 0 aliphatic rings. The summed E-state index contributed by atoms with van der Waals surface area (Å²) in [6, 6.07) is 83.0. The number of rotatable bonds is 7. The molecule has 0 radical (unpaired) electrons. The Morgan fingerprint density at radius 3 is 1.38 bits per heavy atom. The Labute approximate surface area is 396 Å². The summed E-state index contributed by atoms with van der Waals surface area (Å²) in [6.45, 7) is 0. The maximum atomic E-state index is 6.18. The van der Waals surface area contributed by atoms with Gasteiger partial charge in [-0.15, -0.1) is 0 Å². The van der Waals surface area contributed by atoms with Crippen LogP contribution in [0.5, 0.6) is 0 Å². The van der Waals surface area contributed by atoms with Crippen LogP contribution in [0.2, 0.25) is 0 Å². The smallest absolute Gasteiger partial charge is 0.138 e. The molecule has 6 aromatic heterocycles. The third-order valence-corrected chi connectivity index (χ3v) is 13.5. The standard InChI is InChI=1S/C63H39N5O/c1-3-16-40(17-4-1)50-23-13-25-53(64-50)43-36-44(54-26-14-24-51(65-54)41-18-5-2-6-19-41)38-45(37-43)67-55-28-10-7-21-47(55)62-57(67)33-34-58-63(62)48-22-8-11-29-56(48)68(58)61-31-15-27-52(66-61)42-32-35-60-49(39-42)46-20-9-12-30-59(46)69-60/h1-39H. The van der Waals surface area contributed by atoms with Crippen LogP contribution in [0.25, 0.3) is 133 Å². The van der Waals surface area contributed by atoms with Crippen LogP contribution in [-0.4, -0.2) is 24.1 Å². The summed E-state index contributed by atoms with van der Waals surface area (Å²) in [5, 5.41) is 6.88. The Morgan fingerprint density at radius 2 is 0.754 bits per heavy atom. The zero-order valence-electron chi connectivity index (χ0n) is 37.2. The molecule has 14 rings (SSSR count). The molecule has 8 aromatic carbocycles. The highest BCUT2D eigenvalue weighted by Gasteiger charge is 2.22. The number of aromatic nitrogens is 5. The molecule has 0 saturated carbocycles. The molecular formula is C63H39N5O. The third-order valence-electron chi connectivity index (χ3n) is 13.5. The molecule has 6 heterocycles. The molecule has 0 N–H and O–H groups in total. The van der Waals surface area contributed by atoms with Gasteiger partial charge in [0.25, 0.3) is 0 Å². The number of fused-ring (bicyclic) bond motifs is 10. The zero-order chi connectivity index (χ0) is 45.4. The van der Waals surface area contributed by atoms with E-state index in [0.29, 0.717) is 0 Å². The van der Waals surface area contributed by atoms with Gasteiger partial charge >= 0.3 is 0 Å². The second kappa shape index (κ2) is 15.6. The summed E-state index contributed by atoms with van der Waals surface area (Å²) < 4.78 is 10.9. The maximum Gasteiger partial charge on any atom is 0.138 e. The highest BCUT2D eigenvalue weighted by Crippen LogP contribution is 2.43. The van der Waals surface area contributed by atoms with Crippen molar-refractivity contribution >= 4 is 65.6 Å². The predicted octanol–water partition coefficient (Wildman–Crippen LogP) is 16.3. The Balaban J connectivity index is 0.983. The quantitative estimate of drug-likeness (QED) is 0.160. The summed E-state index contributed by atoms with van der Waals surface area (Å²) in [4.78, 5) is 15.9. The minimum absolute atomic E-state index is 0.853. The third kappa shape index (κ3) is 6.38. The summed E-state index contributed by atoms with van der Waals surface area (Å²) in [7, 11) is 0. The lowest BCUT2D eigenvalue weighted by atomic mass is 10.0.